The van der Waals surface area contributed by atoms with Crippen molar-refractivity contribution < 1.29 is 17.9 Å². The van der Waals surface area contributed by atoms with E-state index in [1.807, 2.05) is 23.1 Å². The number of benzene rings is 2. The van der Waals surface area contributed by atoms with Crippen LogP contribution in [0.4, 0.5) is 5.69 Å². The number of aromatic nitrogens is 1. The number of sulfone groups is 1. The molecule has 3 fully saturated rings. The van der Waals surface area contributed by atoms with Crippen LogP contribution in [0.1, 0.15) is 37.2 Å². The zero-order valence-electron chi connectivity index (χ0n) is 21.9. The minimum absolute atomic E-state index is 0.0205. The highest BCUT2D eigenvalue weighted by Gasteiger charge is 2.36. The van der Waals surface area contributed by atoms with Crippen LogP contribution in [-0.2, 0) is 26.4 Å². The number of hydrogen-bond donors (Lipinski definition) is 1. The standard InChI is InChI=1S/C29H36N4O4S/c1-31-25(20-6-3-2-4-7-20)17-22-16-23(32-11-14-38(35,36)15-12-32)19-24(28(22)31)21-9-10-33(27(30)18-21)29(34)26-8-5-13-37-26/h2-4,6-7,16-17,19,21,26-27H,5,8-15,18,30H2,1H3. The molecule has 8 nitrogen and oxygen atoms in total. The molecule has 0 aliphatic carbocycles. The summed E-state index contributed by atoms with van der Waals surface area (Å²) in [5.74, 6) is 0.566. The van der Waals surface area contributed by atoms with E-state index in [9.17, 15) is 13.2 Å². The molecular weight excluding hydrogens is 500 g/mol. The summed E-state index contributed by atoms with van der Waals surface area (Å²) in [6.07, 6.45) is 2.47. The van der Waals surface area contributed by atoms with Crippen LogP contribution in [0.5, 0.6) is 0 Å². The normalized spacial score (nSPS) is 25.7. The number of likely N-dealkylation sites (tertiary alicyclic amines) is 1. The highest BCUT2D eigenvalue weighted by atomic mass is 32.2. The monoisotopic (exact) mass is 536 g/mol. The van der Waals surface area contributed by atoms with Crippen LogP contribution in [0.25, 0.3) is 22.2 Å². The molecule has 6 rings (SSSR count). The van der Waals surface area contributed by atoms with Crippen molar-refractivity contribution >= 4 is 32.3 Å². The molecule has 0 radical (unpaired) electrons. The average Bonchev–Trinajstić information content (AvgIpc) is 3.57. The smallest absolute Gasteiger partial charge is 0.252 e. The van der Waals surface area contributed by atoms with Crippen molar-refractivity contribution in [1.82, 2.24) is 9.47 Å². The predicted molar refractivity (Wildman–Crippen MR) is 150 cm³/mol. The Morgan fingerprint density at radius 1 is 1.03 bits per heavy atom. The van der Waals surface area contributed by atoms with Gasteiger partial charge >= 0.3 is 0 Å². The topological polar surface area (TPSA) is 97.9 Å². The summed E-state index contributed by atoms with van der Waals surface area (Å²) in [5, 5.41) is 1.14. The average molecular weight is 537 g/mol. The molecular formula is C29H36N4O4S. The molecule has 4 heterocycles. The highest BCUT2D eigenvalue weighted by Crippen LogP contribution is 2.40. The van der Waals surface area contributed by atoms with Crippen molar-refractivity contribution in [3.05, 3.63) is 54.1 Å². The van der Waals surface area contributed by atoms with Crippen LogP contribution in [0, 0.1) is 0 Å². The lowest BCUT2D eigenvalue weighted by atomic mass is 9.86. The van der Waals surface area contributed by atoms with Crippen LogP contribution in [0.3, 0.4) is 0 Å². The zero-order chi connectivity index (χ0) is 26.4. The minimum Gasteiger partial charge on any atom is -0.369 e. The van der Waals surface area contributed by atoms with Gasteiger partial charge in [0.2, 0.25) is 0 Å². The number of nitrogens with zero attached hydrogens (tertiary/aromatic N) is 3. The van der Waals surface area contributed by atoms with Gasteiger partial charge in [-0.15, -0.1) is 0 Å². The Morgan fingerprint density at radius 2 is 1.79 bits per heavy atom. The number of rotatable bonds is 4. The summed E-state index contributed by atoms with van der Waals surface area (Å²) in [4.78, 5) is 17.1. The molecule has 0 spiro atoms. The molecule has 3 aliphatic rings. The number of piperidine rings is 1. The molecule has 202 valence electrons. The Morgan fingerprint density at radius 3 is 2.47 bits per heavy atom. The Bertz CT molecular complexity index is 1430. The number of fused-ring (bicyclic) bond motifs is 1. The van der Waals surface area contributed by atoms with E-state index in [4.69, 9.17) is 10.5 Å². The van der Waals surface area contributed by atoms with Crippen LogP contribution >= 0.6 is 0 Å². The second kappa shape index (κ2) is 10.0. The maximum atomic E-state index is 13.1. The van der Waals surface area contributed by atoms with Crippen molar-refractivity contribution in [2.75, 3.05) is 42.6 Å². The fraction of sp³-hybridized carbons (Fsp3) is 0.483. The van der Waals surface area contributed by atoms with E-state index in [1.165, 1.54) is 11.1 Å². The number of nitrogens with two attached hydrogens (primary N) is 1. The van der Waals surface area contributed by atoms with Gasteiger partial charge in [-0.3, -0.25) is 4.79 Å². The fourth-order valence-corrected chi connectivity index (χ4v) is 7.59. The van der Waals surface area contributed by atoms with Crippen molar-refractivity contribution in [2.45, 2.75) is 43.9 Å². The molecule has 1 aromatic heterocycles. The summed E-state index contributed by atoms with van der Waals surface area (Å²) >= 11 is 0. The molecule has 3 atom stereocenters. The lowest BCUT2D eigenvalue weighted by Crippen LogP contribution is -2.53. The third-order valence-electron chi connectivity index (χ3n) is 8.49. The van der Waals surface area contributed by atoms with Crippen LogP contribution < -0.4 is 10.6 Å². The molecule has 2 N–H and O–H groups in total. The molecule has 2 aromatic carbocycles. The lowest BCUT2D eigenvalue weighted by molar-refractivity contribution is -0.144. The first kappa shape index (κ1) is 25.4. The maximum Gasteiger partial charge on any atom is 0.252 e. The first-order chi connectivity index (χ1) is 18.3. The molecule has 0 saturated carbocycles. The van der Waals surface area contributed by atoms with E-state index >= 15 is 0 Å². The van der Waals surface area contributed by atoms with Gasteiger partial charge in [0.1, 0.15) is 6.10 Å². The van der Waals surface area contributed by atoms with Crippen molar-refractivity contribution in [2.24, 2.45) is 12.8 Å². The predicted octanol–water partition coefficient (Wildman–Crippen LogP) is 3.25. The van der Waals surface area contributed by atoms with Crippen molar-refractivity contribution in [3.63, 3.8) is 0 Å². The first-order valence-corrected chi connectivity index (χ1v) is 15.4. The molecule has 3 aromatic rings. The third kappa shape index (κ3) is 4.72. The molecule has 3 unspecified atom stereocenters. The molecule has 38 heavy (non-hydrogen) atoms. The number of amides is 1. The van der Waals surface area contributed by atoms with E-state index in [2.05, 4.69) is 46.8 Å². The summed E-state index contributed by atoms with van der Waals surface area (Å²) in [6.45, 7) is 2.25. The van der Waals surface area contributed by atoms with Gasteiger partial charge < -0.3 is 24.8 Å². The molecule has 1 amide bonds. The van der Waals surface area contributed by atoms with Gasteiger partial charge in [0.15, 0.2) is 9.84 Å². The van der Waals surface area contributed by atoms with E-state index in [1.54, 1.807) is 0 Å². The SMILES string of the molecule is Cn1c(-c2ccccc2)cc2cc(N3CCS(=O)(=O)CC3)cc(C3CCN(C(=O)C4CCCO4)C(N)C3)c21. The Labute approximate surface area is 224 Å². The second-order valence-corrected chi connectivity index (χ2v) is 13.2. The fourth-order valence-electron chi connectivity index (χ4n) is 6.39. The van der Waals surface area contributed by atoms with Crippen molar-refractivity contribution in [1.29, 1.82) is 0 Å². The Hall–Kier alpha value is -2.88. The van der Waals surface area contributed by atoms with Gasteiger partial charge in [0.05, 0.1) is 23.2 Å². The number of ether oxygens (including phenoxy) is 1. The van der Waals surface area contributed by atoms with E-state index in [0.29, 0.717) is 32.7 Å². The number of anilines is 1. The summed E-state index contributed by atoms with van der Waals surface area (Å²) in [7, 11) is -0.866. The van der Waals surface area contributed by atoms with Crippen LogP contribution in [-0.4, -0.2) is 73.8 Å². The quantitative estimate of drug-likeness (QED) is 0.550. The second-order valence-electron chi connectivity index (χ2n) is 10.9. The largest absolute Gasteiger partial charge is 0.369 e. The maximum absolute atomic E-state index is 13.1. The molecule has 9 heteroatoms. The van der Waals surface area contributed by atoms with Crippen molar-refractivity contribution in [3.8, 4) is 11.3 Å². The summed E-state index contributed by atoms with van der Waals surface area (Å²) in [6, 6.07) is 17.0. The minimum atomic E-state index is -2.97. The number of carbonyl (C=O) groups is 1. The molecule has 3 aliphatic heterocycles. The van der Waals surface area contributed by atoms with Gasteiger partial charge in [0, 0.05) is 50.1 Å². The van der Waals surface area contributed by atoms with E-state index in [-0.39, 0.29) is 35.6 Å². The third-order valence-corrected chi connectivity index (χ3v) is 10.1. The number of aryl methyl sites for hydroxylation is 1. The molecule has 3 saturated heterocycles. The van der Waals surface area contributed by atoms with E-state index < -0.39 is 9.84 Å². The first-order valence-electron chi connectivity index (χ1n) is 13.6. The van der Waals surface area contributed by atoms with Gasteiger partial charge in [-0.05, 0) is 60.9 Å². The van der Waals surface area contributed by atoms with Gasteiger partial charge in [-0.2, -0.15) is 0 Å². The van der Waals surface area contributed by atoms with Gasteiger partial charge in [-0.1, -0.05) is 30.3 Å². The Balaban J connectivity index is 1.37. The molecule has 0 bridgehead atoms. The van der Waals surface area contributed by atoms with Crippen LogP contribution in [0.2, 0.25) is 0 Å². The zero-order valence-corrected chi connectivity index (χ0v) is 22.7. The summed E-state index contributed by atoms with van der Waals surface area (Å²) in [5.41, 5.74) is 12.4. The number of carbonyl (C=O) groups excluding carboxylic acids is 1. The number of hydrogen-bond acceptors (Lipinski definition) is 6. The summed E-state index contributed by atoms with van der Waals surface area (Å²) < 4.78 is 32.1. The highest BCUT2D eigenvalue weighted by molar-refractivity contribution is 7.91. The Kier molecular flexibility index (Phi) is 6.70. The van der Waals surface area contributed by atoms with E-state index in [0.717, 1.165) is 41.6 Å². The van der Waals surface area contributed by atoms with Gasteiger partial charge in [0.25, 0.3) is 5.91 Å². The van der Waals surface area contributed by atoms with Gasteiger partial charge in [-0.25, -0.2) is 8.42 Å². The lowest BCUT2D eigenvalue weighted by Gasteiger charge is -2.39. The van der Waals surface area contributed by atoms with Crippen LogP contribution in [0.15, 0.2) is 48.5 Å².